The molecule has 8 heteroatoms. The van der Waals surface area contributed by atoms with Crippen molar-refractivity contribution < 1.29 is 22.8 Å². The van der Waals surface area contributed by atoms with E-state index in [1.165, 1.54) is 0 Å². The first-order chi connectivity index (χ1) is 16.0. The van der Waals surface area contributed by atoms with E-state index in [0.29, 0.717) is 6.61 Å². The molecule has 0 aliphatic carbocycles. The summed E-state index contributed by atoms with van der Waals surface area (Å²) < 4.78 is 49.7. The summed E-state index contributed by atoms with van der Waals surface area (Å²) >= 11 is -1.57. The molecule has 34 heavy (non-hydrogen) atoms. The van der Waals surface area contributed by atoms with Gasteiger partial charge in [-0.15, -0.1) is 0 Å². The normalized spacial score (nSPS) is 16.4. The van der Waals surface area contributed by atoms with Crippen molar-refractivity contribution in [2.45, 2.75) is 76.8 Å². The standard InChI is InChI=1S/C26H38FNO4SSi/c1-26(2,3)33(29)28-17-23(27)25(31-19-22-15-11-8-12-16-22)24(32-34(4,5)6)20-30-18-21-13-9-7-10-14-21/h7-17,23-25H,18-20H2,1-6H3/t23-,24-,25-,33?/m0/s1. The van der Waals surface area contributed by atoms with E-state index in [1.54, 1.807) is 20.8 Å². The number of ether oxygens (including phenoxy) is 2. The second-order valence-corrected chi connectivity index (χ2v) is 16.5. The van der Waals surface area contributed by atoms with Gasteiger partial charge in [-0.25, -0.2) is 4.39 Å². The fourth-order valence-electron chi connectivity index (χ4n) is 3.04. The summed E-state index contributed by atoms with van der Waals surface area (Å²) in [5.41, 5.74) is 1.95. The Bertz CT molecular complexity index is 859. The predicted octanol–water partition coefficient (Wildman–Crippen LogP) is 5.88. The number of rotatable bonds is 13. The predicted molar refractivity (Wildman–Crippen MR) is 141 cm³/mol. The molecule has 5 nitrogen and oxygen atoms in total. The van der Waals surface area contributed by atoms with Crippen LogP contribution >= 0.6 is 0 Å². The zero-order valence-electron chi connectivity index (χ0n) is 21.1. The lowest BCUT2D eigenvalue weighted by molar-refractivity contribution is -0.0899. The Morgan fingerprint density at radius 1 is 0.971 bits per heavy atom. The van der Waals surface area contributed by atoms with Crippen LogP contribution in [-0.2, 0) is 38.5 Å². The van der Waals surface area contributed by atoms with Crippen molar-refractivity contribution in [1.82, 2.24) is 0 Å². The monoisotopic (exact) mass is 507 g/mol. The van der Waals surface area contributed by atoms with Crippen LogP contribution in [0.5, 0.6) is 0 Å². The van der Waals surface area contributed by atoms with Crippen LogP contribution in [-0.4, -0.2) is 48.8 Å². The number of hydrogen-bond donors (Lipinski definition) is 0. The van der Waals surface area contributed by atoms with Gasteiger partial charge in [-0.3, -0.25) is 0 Å². The Morgan fingerprint density at radius 3 is 2.00 bits per heavy atom. The first-order valence-electron chi connectivity index (χ1n) is 11.5. The Kier molecular flexibility index (Phi) is 11.4. The highest BCUT2D eigenvalue weighted by atomic mass is 32.2. The molecule has 0 radical (unpaired) electrons. The van der Waals surface area contributed by atoms with E-state index in [-0.39, 0.29) is 13.2 Å². The number of nitrogens with zero attached hydrogens (tertiary/aromatic N) is 1. The van der Waals surface area contributed by atoms with Crippen LogP contribution in [0.15, 0.2) is 65.1 Å². The van der Waals surface area contributed by atoms with Crippen molar-refractivity contribution in [3.05, 3.63) is 71.8 Å². The van der Waals surface area contributed by atoms with Crippen molar-refractivity contribution in [3.63, 3.8) is 0 Å². The topological polar surface area (TPSA) is 63.1 Å². The van der Waals surface area contributed by atoms with Crippen molar-refractivity contribution in [1.29, 1.82) is 0 Å². The Hall–Kier alpha value is -1.55. The van der Waals surface area contributed by atoms with Gasteiger partial charge in [0, 0.05) is 0 Å². The molecule has 0 heterocycles. The van der Waals surface area contributed by atoms with Gasteiger partial charge in [0.05, 0.1) is 32.1 Å². The molecular weight excluding hydrogens is 469 g/mol. The third-order valence-electron chi connectivity index (χ3n) is 4.69. The number of benzene rings is 2. The summed E-state index contributed by atoms with van der Waals surface area (Å²) in [6, 6.07) is 19.4. The molecule has 1 unspecified atom stereocenters. The van der Waals surface area contributed by atoms with Crippen LogP contribution in [0.2, 0.25) is 19.6 Å². The van der Waals surface area contributed by atoms with E-state index in [4.69, 9.17) is 13.9 Å². The van der Waals surface area contributed by atoms with Gasteiger partial charge >= 0.3 is 0 Å². The van der Waals surface area contributed by atoms with Crippen LogP contribution in [0.25, 0.3) is 0 Å². The van der Waals surface area contributed by atoms with Crippen LogP contribution in [0.1, 0.15) is 31.9 Å². The van der Waals surface area contributed by atoms with Crippen LogP contribution < -0.4 is 0 Å². The highest BCUT2D eigenvalue weighted by Crippen LogP contribution is 2.21. The third-order valence-corrected chi connectivity index (χ3v) is 7.06. The highest BCUT2D eigenvalue weighted by molar-refractivity contribution is 7.91. The van der Waals surface area contributed by atoms with Crippen molar-refractivity contribution >= 4 is 25.9 Å². The lowest BCUT2D eigenvalue weighted by Gasteiger charge is -2.33. The minimum absolute atomic E-state index is 0.162. The van der Waals surface area contributed by atoms with Crippen molar-refractivity contribution in [2.75, 3.05) is 6.61 Å². The summed E-state index contributed by atoms with van der Waals surface area (Å²) in [5, 5.41) is 0. The second kappa shape index (κ2) is 13.5. The molecule has 4 atom stereocenters. The molecule has 0 saturated carbocycles. The SMILES string of the molecule is CC(C)(C)[S+]([O-])N=C[C@H](F)[C@H](OCc1ccccc1)[C@H](COCc1ccccc1)O[Si](C)(C)C. The molecule has 0 amide bonds. The molecule has 0 N–H and O–H groups in total. The second-order valence-electron chi connectivity index (χ2n) is 10.1. The summed E-state index contributed by atoms with van der Waals surface area (Å²) in [6.45, 7) is 12.3. The number of halogens is 1. The third kappa shape index (κ3) is 10.8. The van der Waals surface area contributed by atoms with Gasteiger partial charge in [0.25, 0.3) is 0 Å². The largest absolute Gasteiger partial charge is 0.591 e. The summed E-state index contributed by atoms with van der Waals surface area (Å²) in [6.07, 6.45) is -2.14. The Morgan fingerprint density at radius 2 is 1.50 bits per heavy atom. The molecular formula is C26H38FNO4SSi. The van der Waals surface area contributed by atoms with E-state index in [0.717, 1.165) is 17.3 Å². The quantitative estimate of drug-likeness (QED) is 0.193. The van der Waals surface area contributed by atoms with E-state index >= 15 is 4.39 Å². The highest BCUT2D eigenvalue weighted by Gasteiger charge is 2.35. The zero-order valence-corrected chi connectivity index (χ0v) is 22.9. The molecule has 2 aromatic rings. The Balaban J connectivity index is 2.21. The molecule has 188 valence electrons. The summed E-state index contributed by atoms with van der Waals surface area (Å²) in [4.78, 5) is 0. The molecule has 0 aromatic heterocycles. The van der Waals surface area contributed by atoms with Gasteiger partial charge < -0.3 is 18.5 Å². The van der Waals surface area contributed by atoms with Gasteiger partial charge in [0.2, 0.25) is 0 Å². The minimum atomic E-state index is -2.07. The van der Waals surface area contributed by atoms with Crippen LogP contribution in [0.3, 0.4) is 0 Å². The molecule has 0 fully saturated rings. The van der Waals surface area contributed by atoms with E-state index < -0.39 is 42.8 Å². The lowest BCUT2D eigenvalue weighted by atomic mass is 10.1. The van der Waals surface area contributed by atoms with Crippen molar-refractivity contribution in [2.24, 2.45) is 4.40 Å². The first kappa shape index (κ1) is 28.7. The smallest absolute Gasteiger partial charge is 0.184 e. The Labute approximate surface area is 208 Å². The van der Waals surface area contributed by atoms with Gasteiger partial charge in [0.15, 0.2) is 14.5 Å². The summed E-state index contributed by atoms with van der Waals surface area (Å²) in [5.74, 6) is 0. The molecule has 0 bridgehead atoms. The lowest BCUT2D eigenvalue weighted by Crippen LogP contribution is -2.47. The van der Waals surface area contributed by atoms with E-state index in [2.05, 4.69) is 4.40 Å². The van der Waals surface area contributed by atoms with E-state index in [9.17, 15) is 4.55 Å². The van der Waals surface area contributed by atoms with Crippen molar-refractivity contribution in [3.8, 4) is 0 Å². The number of alkyl halides is 1. The fourth-order valence-corrected chi connectivity index (χ4v) is 4.70. The van der Waals surface area contributed by atoms with Gasteiger partial charge in [0.1, 0.15) is 22.2 Å². The van der Waals surface area contributed by atoms with Crippen LogP contribution in [0, 0.1) is 0 Å². The molecule has 0 saturated heterocycles. The summed E-state index contributed by atoms with van der Waals surface area (Å²) in [7, 11) is -2.07. The number of hydrogen-bond acceptors (Lipinski definition) is 5. The maximum atomic E-state index is 15.6. The molecule has 0 aliphatic heterocycles. The van der Waals surface area contributed by atoms with Gasteiger partial charge in [-0.2, -0.15) is 0 Å². The fraction of sp³-hybridized carbons (Fsp3) is 0.500. The molecule has 0 spiro atoms. The molecule has 2 aromatic carbocycles. The average molecular weight is 508 g/mol. The van der Waals surface area contributed by atoms with Gasteiger partial charge in [-0.05, 0) is 51.5 Å². The zero-order chi connectivity index (χ0) is 25.2. The average Bonchev–Trinajstić information content (AvgIpc) is 2.77. The first-order valence-corrected chi connectivity index (χ1v) is 16.0. The maximum Gasteiger partial charge on any atom is 0.184 e. The minimum Gasteiger partial charge on any atom is -0.591 e. The van der Waals surface area contributed by atoms with Crippen LogP contribution in [0.4, 0.5) is 4.39 Å². The molecule has 0 aliphatic rings. The van der Waals surface area contributed by atoms with E-state index in [1.807, 2.05) is 80.3 Å². The van der Waals surface area contributed by atoms with Gasteiger partial charge in [-0.1, -0.05) is 65.1 Å². The maximum absolute atomic E-state index is 15.6. The molecule has 2 rings (SSSR count).